The summed E-state index contributed by atoms with van der Waals surface area (Å²) in [6.07, 6.45) is 2.42. The van der Waals surface area contributed by atoms with E-state index in [1.165, 1.54) is 0 Å². The molecule has 0 aliphatic rings. The molecule has 0 aliphatic heterocycles. The van der Waals surface area contributed by atoms with E-state index < -0.39 is 5.97 Å². The molecule has 88 valence electrons. The van der Waals surface area contributed by atoms with Crippen molar-refractivity contribution in [3.05, 3.63) is 11.8 Å². The van der Waals surface area contributed by atoms with Crippen LogP contribution < -0.4 is 5.32 Å². The van der Waals surface area contributed by atoms with Crippen molar-refractivity contribution in [1.29, 1.82) is 0 Å². The standard InChI is InChI=1S/C9H13N3O3S/c1-2-6-3-10-12-9(6)11-7(13)4-16-5-8(14)15/h3H,2,4-5H2,1H3,(H,14,15)(H2,10,11,12,13). The Labute approximate surface area is 96.8 Å². The molecule has 0 aliphatic carbocycles. The highest BCUT2D eigenvalue weighted by Gasteiger charge is 2.08. The molecular weight excluding hydrogens is 230 g/mol. The summed E-state index contributed by atoms with van der Waals surface area (Å²) in [6, 6.07) is 0. The number of carboxylic acid groups (broad SMARTS) is 1. The maximum atomic E-state index is 11.4. The van der Waals surface area contributed by atoms with Crippen molar-refractivity contribution >= 4 is 29.5 Å². The van der Waals surface area contributed by atoms with E-state index >= 15 is 0 Å². The summed E-state index contributed by atoms with van der Waals surface area (Å²) in [5.74, 6) is -0.520. The zero-order valence-electron chi connectivity index (χ0n) is 8.82. The van der Waals surface area contributed by atoms with Crippen LogP contribution in [-0.4, -0.2) is 38.7 Å². The second kappa shape index (κ2) is 6.16. The molecular formula is C9H13N3O3S. The van der Waals surface area contributed by atoms with Crippen molar-refractivity contribution < 1.29 is 14.7 Å². The van der Waals surface area contributed by atoms with Gasteiger partial charge in [-0.05, 0) is 6.42 Å². The first-order chi connectivity index (χ1) is 7.63. The normalized spacial score (nSPS) is 10.1. The quantitative estimate of drug-likeness (QED) is 0.684. The van der Waals surface area contributed by atoms with Gasteiger partial charge in [-0.3, -0.25) is 14.7 Å². The maximum Gasteiger partial charge on any atom is 0.313 e. The Hall–Kier alpha value is -1.50. The number of rotatable bonds is 6. The van der Waals surface area contributed by atoms with Crippen molar-refractivity contribution in [3.8, 4) is 0 Å². The van der Waals surface area contributed by atoms with Crippen LogP contribution in [0.25, 0.3) is 0 Å². The SMILES string of the molecule is CCc1cn[nH]c1NC(=O)CSCC(=O)O. The molecule has 0 unspecified atom stereocenters. The van der Waals surface area contributed by atoms with Gasteiger partial charge >= 0.3 is 5.97 Å². The van der Waals surface area contributed by atoms with Crippen LogP contribution in [-0.2, 0) is 16.0 Å². The summed E-state index contributed by atoms with van der Waals surface area (Å²) < 4.78 is 0. The van der Waals surface area contributed by atoms with Gasteiger partial charge < -0.3 is 10.4 Å². The van der Waals surface area contributed by atoms with Crippen LogP contribution in [0.15, 0.2) is 6.20 Å². The summed E-state index contributed by atoms with van der Waals surface area (Å²) in [7, 11) is 0. The number of hydrogen-bond donors (Lipinski definition) is 3. The van der Waals surface area contributed by atoms with E-state index in [1.807, 2.05) is 6.92 Å². The minimum absolute atomic E-state index is 0.0724. The number of nitrogens with zero attached hydrogens (tertiary/aromatic N) is 1. The molecule has 3 N–H and O–H groups in total. The number of carboxylic acids is 1. The molecule has 1 heterocycles. The monoisotopic (exact) mass is 243 g/mol. The molecule has 0 fully saturated rings. The molecule has 0 bridgehead atoms. The van der Waals surface area contributed by atoms with Gasteiger partial charge in [-0.15, -0.1) is 11.8 Å². The van der Waals surface area contributed by atoms with Crippen LogP contribution in [0.1, 0.15) is 12.5 Å². The minimum atomic E-state index is -0.923. The van der Waals surface area contributed by atoms with E-state index in [2.05, 4.69) is 15.5 Å². The van der Waals surface area contributed by atoms with Crippen LogP contribution in [0.5, 0.6) is 0 Å². The number of anilines is 1. The molecule has 7 heteroatoms. The zero-order chi connectivity index (χ0) is 12.0. The molecule has 0 aromatic carbocycles. The van der Waals surface area contributed by atoms with Crippen molar-refractivity contribution in [1.82, 2.24) is 10.2 Å². The fraction of sp³-hybridized carbons (Fsp3) is 0.444. The van der Waals surface area contributed by atoms with Crippen molar-refractivity contribution in [2.24, 2.45) is 0 Å². The van der Waals surface area contributed by atoms with E-state index in [4.69, 9.17) is 5.11 Å². The van der Waals surface area contributed by atoms with Crippen molar-refractivity contribution in [3.63, 3.8) is 0 Å². The predicted molar refractivity (Wildman–Crippen MR) is 61.6 cm³/mol. The summed E-state index contributed by atoms with van der Waals surface area (Å²) in [6.45, 7) is 1.96. The van der Waals surface area contributed by atoms with Crippen molar-refractivity contribution in [2.45, 2.75) is 13.3 Å². The molecule has 6 nitrogen and oxygen atoms in total. The van der Waals surface area contributed by atoms with Crippen LogP contribution in [0.2, 0.25) is 0 Å². The number of nitrogens with one attached hydrogen (secondary N) is 2. The fourth-order valence-corrected chi connectivity index (χ4v) is 1.63. The number of aromatic nitrogens is 2. The molecule has 1 aromatic heterocycles. The summed E-state index contributed by atoms with van der Waals surface area (Å²) in [4.78, 5) is 21.6. The average Bonchev–Trinajstić information content (AvgIpc) is 2.64. The topological polar surface area (TPSA) is 95.1 Å². The first-order valence-electron chi connectivity index (χ1n) is 4.75. The number of aliphatic carboxylic acids is 1. The molecule has 0 saturated heterocycles. The van der Waals surface area contributed by atoms with Gasteiger partial charge in [0, 0.05) is 5.56 Å². The van der Waals surface area contributed by atoms with Crippen LogP contribution in [0.4, 0.5) is 5.82 Å². The number of carbonyl (C=O) groups is 2. The van der Waals surface area contributed by atoms with E-state index in [0.717, 1.165) is 23.7 Å². The third kappa shape index (κ3) is 3.93. The second-order valence-corrected chi connectivity index (χ2v) is 4.04. The van der Waals surface area contributed by atoms with Gasteiger partial charge in [0.05, 0.1) is 17.7 Å². The molecule has 1 amide bonds. The third-order valence-electron chi connectivity index (χ3n) is 1.82. The Morgan fingerprint density at radius 2 is 2.31 bits per heavy atom. The van der Waals surface area contributed by atoms with Gasteiger partial charge in [0.25, 0.3) is 0 Å². The molecule has 0 saturated carbocycles. The lowest BCUT2D eigenvalue weighted by Gasteiger charge is -2.03. The van der Waals surface area contributed by atoms with Gasteiger partial charge in [0.1, 0.15) is 5.82 Å². The van der Waals surface area contributed by atoms with Crippen LogP contribution in [0, 0.1) is 0 Å². The van der Waals surface area contributed by atoms with Gasteiger partial charge in [-0.2, -0.15) is 5.10 Å². The number of carbonyl (C=O) groups excluding carboxylic acids is 1. The zero-order valence-corrected chi connectivity index (χ0v) is 9.63. The largest absolute Gasteiger partial charge is 0.481 e. The van der Waals surface area contributed by atoms with Gasteiger partial charge in [0.15, 0.2) is 0 Å². The van der Waals surface area contributed by atoms with Crippen LogP contribution >= 0.6 is 11.8 Å². The third-order valence-corrected chi connectivity index (χ3v) is 2.74. The molecule has 0 atom stereocenters. The number of amides is 1. The van der Waals surface area contributed by atoms with Gasteiger partial charge in [0.2, 0.25) is 5.91 Å². The van der Waals surface area contributed by atoms with Crippen molar-refractivity contribution in [2.75, 3.05) is 16.8 Å². The summed E-state index contributed by atoms with van der Waals surface area (Å²) in [5, 5.41) is 17.5. The number of H-pyrrole nitrogens is 1. The predicted octanol–water partition coefficient (Wildman–Crippen LogP) is 0.728. The number of hydrogen-bond acceptors (Lipinski definition) is 4. The minimum Gasteiger partial charge on any atom is -0.481 e. The summed E-state index contributed by atoms with van der Waals surface area (Å²) >= 11 is 1.06. The van der Waals surface area contributed by atoms with E-state index in [9.17, 15) is 9.59 Å². The lowest BCUT2D eigenvalue weighted by molar-refractivity contribution is -0.133. The maximum absolute atomic E-state index is 11.4. The summed E-state index contributed by atoms with van der Waals surface area (Å²) in [5.41, 5.74) is 0.927. The highest BCUT2D eigenvalue weighted by Crippen LogP contribution is 2.11. The van der Waals surface area contributed by atoms with Crippen LogP contribution in [0.3, 0.4) is 0 Å². The Morgan fingerprint density at radius 3 is 2.94 bits per heavy atom. The molecule has 1 rings (SSSR count). The van der Waals surface area contributed by atoms with E-state index in [1.54, 1.807) is 6.20 Å². The highest BCUT2D eigenvalue weighted by atomic mass is 32.2. The van der Waals surface area contributed by atoms with E-state index in [0.29, 0.717) is 5.82 Å². The molecule has 0 spiro atoms. The lowest BCUT2D eigenvalue weighted by atomic mass is 10.2. The second-order valence-electron chi connectivity index (χ2n) is 3.06. The Kier molecular flexibility index (Phi) is 4.84. The Morgan fingerprint density at radius 1 is 1.56 bits per heavy atom. The average molecular weight is 243 g/mol. The Bertz CT molecular complexity index is 378. The molecule has 1 aromatic rings. The Balaban J connectivity index is 2.37. The first kappa shape index (κ1) is 12.6. The molecule has 0 radical (unpaired) electrons. The molecule has 16 heavy (non-hydrogen) atoms. The number of aromatic amines is 1. The smallest absolute Gasteiger partial charge is 0.313 e. The lowest BCUT2D eigenvalue weighted by Crippen LogP contribution is -2.16. The number of thioether (sulfide) groups is 1. The highest BCUT2D eigenvalue weighted by molar-refractivity contribution is 8.00. The van der Waals surface area contributed by atoms with E-state index in [-0.39, 0.29) is 17.4 Å². The van der Waals surface area contributed by atoms with Gasteiger partial charge in [-0.25, -0.2) is 0 Å². The first-order valence-corrected chi connectivity index (χ1v) is 5.90. The number of aryl methyl sites for hydroxylation is 1. The van der Waals surface area contributed by atoms with Gasteiger partial charge in [-0.1, -0.05) is 6.92 Å². The fourth-order valence-electron chi connectivity index (χ4n) is 1.09.